The summed E-state index contributed by atoms with van der Waals surface area (Å²) < 4.78 is 37.2. The van der Waals surface area contributed by atoms with Gasteiger partial charge in [-0.05, 0) is 44.1 Å². The first-order valence-corrected chi connectivity index (χ1v) is 7.76. The van der Waals surface area contributed by atoms with Crippen molar-refractivity contribution in [2.24, 2.45) is 11.8 Å². The molecule has 1 fully saturated rings. The highest BCUT2D eigenvalue weighted by atomic mass is 19.4. The number of halogens is 3. The molecule has 0 heterocycles. The van der Waals surface area contributed by atoms with E-state index < -0.39 is 12.6 Å². The molecule has 0 spiro atoms. The van der Waals surface area contributed by atoms with Crippen LogP contribution in [0.3, 0.4) is 0 Å². The van der Waals surface area contributed by atoms with Crippen LogP contribution in [0, 0.1) is 11.8 Å². The highest BCUT2D eigenvalue weighted by Gasteiger charge is 2.32. The zero-order valence-corrected chi connectivity index (χ0v) is 12.2. The summed E-state index contributed by atoms with van der Waals surface area (Å²) >= 11 is 0. The van der Waals surface area contributed by atoms with Gasteiger partial charge in [0, 0.05) is 12.5 Å². The van der Waals surface area contributed by atoms with Gasteiger partial charge >= 0.3 is 6.18 Å². The Labute approximate surface area is 115 Å². The molecule has 0 aliphatic heterocycles. The number of nitrogens with one attached hydrogen (secondary N) is 1. The van der Waals surface area contributed by atoms with Crippen molar-refractivity contribution in [1.29, 1.82) is 0 Å². The second-order valence-corrected chi connectivity index (χ2v) is 5.90. The van der Waals surface area contributed by atoms with Gasteiger partial charge in [-0.2, -0.15) is 13.2 Å². The lowest BCUT2D eigenvalue weighted by Crippen LogP contribution is -2.39. The van der Waals surface area contributed by atoms with Gasteiger partial charge in [0.25, 0.3) is 0 Å². The summed E-state index contributed by atoms with van der Waals surface area (Å²) in [6.45, 7) is 5.10. The minimum atomic E-state index is -4.02. The second kappa shape index (κ2) is 8.13. The maximum atomic E-state index is 12.4. The maximum absolute atomic E-state index is 12.4. The van der Waals surface area contributed by atoms with Crippen LogP contribution in [-0.4, -0.2) is 18.8 Å². The van der Waals surface area contributed by atoms with E-state index in [-0.39, 0.29) is 12.5 Å². The Morgan fingerprint density at radius 1 is 1.11 bits per heavy atom. The highest BCUT2D eigenvalue weighted by Crippen LogP contribution is 2.34. The smallest absolute Gasteiger partial charge is 0.314 e. The molecule has 1 aliphatic rings. The first kappa shape index (κ1) is 16.8. The van der Waals surface area contributed by atoms with Gasteiger partial charge in [-0.3, -0.25) is 0 Å². The minimum absolute atomic E-state index is 0.0550. The molecule has 19 heavy (non-hydrogen) atoms. The molecule has 0 radical (unpaired) electrons. The largest absolute Gasteiger partial charge is 0.389 e. The molecule has 1 saturated carbocycles. The van der Waals surface area contributed by atoms with Gasteiger partial charge in [0.05, 0.1) is 0 Å². The summed E-state index contributed by atoms with van der Waals surface area (Å²) in [6, 6.07) is 0.0550. The van der Waals surface area contributed by atoms with Gasteiger partial charge in [-0.25, -0.2) is 0 Å². The summed E-state index contributed by atoms with van der Waals surface area (Å²) in [5, 5.41) is 3.34. The van der Waals surface area contributed by atoms with Gasteiger partial charge < -0.3 is 5.32 Å². The Hall–Kier alpha value is -0.250. The van der Waals surface area contributed by atoms with Crippen LogP contribution >= 0.6 is 0 Å². The van der Waals surface area contributed by atoms with E-state index in [1.54, 1.807) is 0 Å². The van der Waals surface area contributed by atoms with Crippen LogP contribution < -0.4 is 5.32 Å². The van der Waals surface area contributed by atoms with Gasteiger partial charge in [0.15, 0.2) is 0 Å². The van der Waals surface area contributed by atoms with Crippen LogP contribution in [0.25, 0.3) is 0 Å². The first-order valence-electron chi connectivity index (χ1n) is 7.76. The molecule has 1 aliphatic carbocycles. The standard InChI is InChI=1S/C15H28F3N/c1-3-11-19-14(9-10-15(16,17)18)13-7-5-12(4-2)6-8-13/h12-14,19H,3-11H2,1-2H3. The van der Waals surface area contributed by atoms with E-state index in [1.807, 2.05) is 0 Å². The third-order valence-electron chi connectivity index (χ3n) is 4.43. The molecule has 1 unspecified atom stereocenters. The van der Waals surface area contributed by atoms with Gasteiger partial charge in [-0.1, -0.05) is 33.1 Å². The van der Waals surface area contributed by atoms with Crippen molar-refractivity contribution in [1.82, 2.24) is 5.32 Å². The fourth-order valence-corrected chi connectivity index (χ4v) is 3.15. The zero-order chi connectivity index (χ0) is 14.3. The van der Waals surface area contributed by atoms with Crippen molar-refractivity contribution < 1.29 is 13.2 Å². The highest BCUT2D eigenvalue weighted by molar-refractivity contribution is 4.82. The van der Waals surface area contributed by atoms with E-state index in [9.17, 15) is 13.2 Å². The van der Waals surface area contributed by atoms with Crippen LogP contribution in [0.4, 0.5) is 13.2 Å². The quantitative estimate of drug-likeness (QED) is 0.698. The molecule has 0 aromatic carbocycles. The summed E-state index contributed by atoms with van der Waals surface area (Å²) in [4.78, 5) is 0. The predicted molar refractivity (Wildman–Crippen MR) is 73.1 cm³/mol. The first-order chi connectivity index (χ1) is 8.96. The van der Waals surface area contributed by atoms with Crippen molar-refractivity contribution in [3.8, 4) is 0 Å². The average molecular weight is 279 g/mol. The third kappa shape index (κ3) is 6.64. The number of hydrogen-bond acceptors (Lipinski definition) is 1. The Kier molecular flexibility index (Phi) is 7.19. The molecule has 0 aromatic rings. The number of rotatable bonds is 7. The molecule has 0 amide bonds. The Bertz CT molecular complexity index is 232. The van der Waals surface area contributed by atoms with Crippen molar-refractivity contribution in [3.63, 3.8) is 0 Å². The number of alkyl halides is 3. The van der Waals surface area contributed by atoms with Crippen molar-refractivity contribution >= 4 is 0 Å². The molecule has 114 valence electrons. The average Bonchev–Trinajstić information content (AvgIpc) is 2.38. The van der Waals surface area contributed by atoms with Gasteiger partial charge in [0.1, 0.15) is 0 Å². The summed E-state index contributed by atoms with van der Waals surface area (Å²) in [5.41, 5.74) is 0. The summed E-state index contributed by atoms with van der Waals surface area (Å²) in [7, 11) is 0. The molecular weight excluding hydrogens is 251 g/mol. The van der Waals surface area contributed by atoms with E-state index in [0.717, 1.165) is 31.7 Å². The second-order valence-electron chi connectivity index (χ2n) is 5.90. The van der Waals surface area contributed by atoms with Crippen LogP contribution in [0.1, 0.15) is 65.2 Å². The molecule has 1 rings (SSSR count). The fourth-order valence-electron chi connectivity index (χ4n) is 3.15. The maximum Gasteiger partial charge on any atom is 0.389 e. The minimum Gasteiger partial charge on any atom is -0.314 e. The summed E-state index contributed by atoms with van der Waals surface area (Å²) in [5.74, 6) is 1.24. The molecular formula is C15H28F3N. The monoisotopic (exact) mass is 279 g/mol. The van der Waals surface area contributed by atoms with Crippen LogP contribution in [-0.2, 0) is 0 Å². The molecule has 1 atom stereocenters. The molecule has 0 bridgehead atoms. The Morgan fingerprint density at radius 2 is 1.74 bits per heavy atom. The molecule has 1 N–H and O–H groups in total. The molecule has 0 saturated heterocycles. The third-order valence-corrected chi connectivity index (χ3v) is 4.43. The lowest BCUT2D eigenvalue weighted by atomic mass is 9.76. The number of hydrogen-bond donors (Lipinski definition) is 1. The summed E-state index contributed by atoms with van der Waals surface area (Å²) in [6.07, 6.45) is 2.33. The van der Waals surface area contributed by atoms with Crippen molar-refractivity contribution in [3.05, 3.63) is 0 Å². The van der Waals surface area contributed by atoms with E-state index >= 15 is 0 Å². The normalized spacial score (nSPS) is 26.4. The Morgan fingerprint density at radius 3 is 2.21 bits per heavy atom. The topological polar surface area (TPSA) is 12.0 Å². The van der Waals surface area contributed by atoms with Gasteiger partial charge in [0.2, 0.25) is 0 Å². The zero-order valence-electron chi connectivity index (χ0n) is 12.2. The molecule has 4 heteroatoms. The lowest BCUT2D eigenvalue weighted by molar-refractivity contribution is -0.137. The van der Waals surface area contributed by atoms with Crippen LogP contribution in [0.15, 0.2) is 0 Å². The molecule has 1 nitrogen and oxygen atoms in total. The lowest BCUT2D eigenvalue weighted by Gasteiger charge is -2.34. The van der Waals surface area contributed by atoms with E-state index in [2.05, 4.69) is 19.2 Å². The van der Waals surface area contributed by atoms with E-state index in [4.69, 9.17) is 0 Å². The molecule has 0 aromatic heterocycles. The van der Waals surface area contributed by atoms with Crippen molar-refractivity contribution in [2.75, 3.05) is 6.54 Å². The van der Waals surface area contributed by atoms with Crippen molar-refractivity contribution in [2.45, 2.75) is 77.4 Å². The Balaban J connectivity index is 2.44. The predicted octanol–water partition coefficient (Wildman–Crippen LogP) is 4.91. The SMILES string of the molecule is CCCNC(CCC(F)(F)F)C1CCC(CC)CC1. The fraction of sp³-hybridized carbons (Fsp3) is 1.00. The van der Waals surface area contributed by atoms with Crippen LogP contribution in [0.5, 0.6) is 0 Å². The van der Waals surface area contributed by atoms with E-state index in [0.29, 0.717) is 5.92 Å². The van der Waals surface area contributed by atoms with E-state index in [1.165, 1.54) is 19.3 Å². The van der Waals surface area contributed by atoms with Gasteiger partial charge in [-0.15, -0.1) is 0 Å². The van der Waals surface area contributed by atoms with Crippen LogP contribution in [0.2, 0.25) is 0 Å².